The van der Waals surface area contributed by atoms with Gasteiger partial charge in [0.2, 0.25) is 11.5 Å². The van der Waals surface area contributed by atoms with E-state index in [1.54, 1.807) is 47.7 Å². The maximum atomic E-state index is 9.00. The van der Waals surface area contributed by atoms with E-state index in [9.17, 15) is 0 Å². The second-order valence-corrected chi connectivity index (χ2v) is 6.51. The summed E-state index contributed by atoms with van der Waals surface area (Å²) in [5, 5.41) is 9.00. The van der Waals surface area contributed by atoms with Crippen molar-refractivity contribution in [3.63, 3.8) is 0 Å². The van der Waals surface area contributed by atoms with E-state index in [1.165, 1.54) is 0 Å². The SMILES string of the molecule is COc1cc(C[C@@H](C)Oc2c(OC)cc(/C=C\CO)cc2OC)cc(OC)c1OC. The first kappa shape index (κ1) is 23.2. The van der Waals surface area contributed by atoms with Gasteiger partial charge in [-0.2, -0.15) is 0 Å². The lowest BCUT2D eigenvalue weighted by Gasteiger charge is -2.21. The van der Waals surface area contributed by atoms with Gasteiger partial charge in [-0.25, -0.2) is 0 Å². The minimum atomic E-state index is -0.200. The zero-order valence-corrected chi connectivity index (χ0v) is 18.4. The number of hydrogen-bond acceptors (Lipinski definition) is 7. The highest BCUT2D eigenvalue weighted by molar-refractivity contribution is 5.62. The molecule has 0 amide bonds. The third-order valence-electron chi connectivity index (χ3n) is 4.47. The Labute approximate surface area is 177 Å². The van der Waals surface area contributed by atoms with Crippen molar-refractivity contribution in [2.45, 2.75) is 19.4 Å². The Bertz CT molecular complexity index is 811. The van der Waals surface area contributed by atoms with Crippen molar-refractivity contribution in [2.24, 2.45) is 0 Å². The van der Waals surface area contributed by atoms with Gasteiger partial charge in [-0.3, -0.25) is 0 Å². The molecule has 164 valence electrons. The average molecular weight is 418 g/mol. The van der Waals surface area contributed by atoms with Crippen molar-refractivity contribution in [3.8, 4) is 34.5 Å². The molecule has 1 atom stereocenters. The molecule has 1 N–H and O–H groups in total. The van der Waals surface area contributed by atoms with Gasteiger partial charge in [0, 0.05) is 6.42 Å². The number of aliphatic hydroxyl groups is 1. The van der Waals surface area contributed by atoms with Crippen molar-refractivity contribution < 1.29 is 33.5 Å². The first-order valence-corrected chi connectivity index (χ1v) is 9.50. The molecule has 7 nitrogen and oxygen atoms in total. The van der Waals surface area contributed by atoms with Crippen molar-refractivity contribution in [1.82, 2.24) is 0 Å². The van der Waals surface area contributed by atoms with Crippen LogP contribution in [0, 0.1) is 0 Å². The van der Waals surface area contributed by atoms with Crippen LogP contribution in [0.4, 0.5) is 0 Å². The molecule has 0 aliphatic heterocycles. The van der Waals surface area contributed by atoms with E-state index in [0.29, 0.717) is 40.9 Å². The van der Waals surface area contributed by atoms with Crippen LogP contribution in [0.3, 0.4) is 0 Å². The second-order valence-electron chi connectivity index (χ2n) is 6.51. The molecule has 0 radical (unpaired) electrons. The van der Waals surface area contributed by atoms with Gasteiger partial charge in [-0.05, 0) is 42.3 Å². The summed E-state index contributed by atoms with van der Waals surface area (Å²) >= 11 is 0. The topological polar surface area (TPSA) is 75.6 Å². The number of ether oxygens (including phenoxy) is 6. The van der Waals surface area contributed by atoms with E-state index in [4.69, 9.17) is 33.5 Å². The third kappa shape index (κ3) is 5.51. The normalized spacial score (nSPS) is 11.8. The molecule has 0 saturated carbocycles. The Kier molecular flexibility index (Phi) is 8.68. The largest absolute Gasteiger partial charge is 0.493 e. The molecule has 2 aromatic carbocycles. The minimum absolute atomic E-state index is 0.0469. The van der Waals surface area contributed by atoms with E-state index in [-0.39, 0.29) is 12.7 Å². The maximum Gasteiger partial charge on any atom is 0.203 e. The lowest BCUT2D eigenvalue weighted by atomic mass is 10.1. The first-order valence-electron chi connectivity index (χ1n) is 9.50. The van der Waals surface area contributed by atoms with E-state index in [1.807, 2.05) is 31.2 Å². The summed E-state index contributed by atoms with van der Waals surface area (Å²) in [5.74, 6) is 3.34. The lowest BCUT2D eigenvalue weighted by Crippen LogP contribution is -2.16. The fourth-order valence-electron chi connectivity index (χ4n) is 3.13. The summed E-state index contributed by atoms with van der Waals surface area (Å²) in [6.07, 6.45) is 3.82. The molecular weight excluding hydrogens is 388 g/mol. The highest BCUT2D eigenvalue weighted by atomic mass is 16.5. The Hall–Kier alpha value is -3.06. The van der Waals surface area contributed by atoms with Gasteiger partial charge in [-0.15, -0.1) is 0 Å². The van der Waals surface area contributed by atoms with Crippen LogP contribution in [0.15, 0.2) is 30.3 Å². The quantitative estimate of drug-likeness (QED) is 0.596. The molecule has 0 aliphatic carbocycles. The second kappa shape index (κ2) is 11.2. The van der Waals surface area contributed by atoms with Gasteiger partial charge in [0.05, 0.1) is 42.2 Å². The molecule has 2 rings (SSSR count). The highest BCUT2D eigenvalue weighted by Gasteiger charge is 2.19. The van der Waals surface area contributed by atoms with E-state index >= 15 is 0 Å². The summed E-state index contributed by atoms with van der Waals surface area (Å²) < 4.78 is 33.4. The maximum absolute atomic E-state index is 9.00. The number of aliphatic hydroxyl groups excluding tert-OH is 1. The van der Waals surface area contributed by atoms with Crippen molar-refractivity contribution in [3.05, 3.63) is 41.5 Å². The van der Waals surface area contributed by atoms with Gasteiger partial charge in [0.25, 0.3) is 0 Å². The fraction of sp³-hybridized carbons (Fsp3) is 0.391. The van der Waals surface area contributed by atoms with Gasteiger partial charge in [0.1, 0.15) is 6.10 Å². The van der Waals surface area contributed by atoms with E-state index in [0.717, 1.165) is 11.1 Å². The molecule has 0 saturated heterocycles. The molecule has 0 fully saturated rings. The van der Waals surface area contributed by atoms with Crippen LogP contribution in [0.5, 0.6) is 34.5 Å². The van der Waals surface area contributed by atoms with Gasteiger partial charge in [0.15, 0.2) is 23.0 Å². The molecule has 2 aromatic rings. The van der Waals surface area contributed by atoms with E-state index in [2.05, 4.69) is 0 Å². The van der Waals surface area contributed by atoms with Crippen LogP contribution >= 0.6 is 0 Å². The third-order valence-corrected chi connectivity index (χ3v) is 4.47. The summed E-state index contributed by atoms with van der Waals surface area (Å²) in [7, 11) is 7.90. The monoisotopic (exact) mass is 418 g/mol. The van der Waals surface area contributed by atoms with Gasteiger partial charge in [-0.1, -0.05) is 12.2 Å². The summed E-state index contributed by atoms with van der Waals surface area (Å²) in [6.45, 7) is 1.91. The minimum Gasteiger partial charge on any atom is -0.493 e. The highest BCUT2D eigenvalue weighted by Crippen LogP contribution is 2.41. The van der Waals surface area contributed by atoms with Crippen LogP contribution in [-0.2, 0) is 6.42 Å². The number of benzene rings is 2. The standard InChI is InChI=1S/C23H30O7/c1-15(10-17-13-18(25-2)22(29-6)19(14-17)26-3)30-23-20(27-4)11-16(8-7-9-24)12-21(23)28-5/h7-8,11-15,24H,9-10H2,1-6H3/b8-7-/t15-/m1/s1. The summed E-state index contributed by atoms with van der Waals surface area (Å²) in [4.78, 5) is 0. The Balaban J connectivity index is 2.30. The predicted molar refractivity (Wildman–Crippen MR) is 116 cm³/mol. The van der Waals surface area contributed by atoms with Crippen molar-refractivity contribution >= 4 is 6.08 Å². The fourth-order valence-corrected chi connectivity index (χ4v) is 3.13. The summed E-state index contributed by atoms with van der Waals surface area (Å²) in [6, 6.07) is 7.46. The van der Waals surface area contributed by atoms with Crippen LogP contribution < -0.4 is 28.4 Å². The smallest absolute Gasteiger partial charge is 0.203 e. The van der Waals surface area contributed by atoms with Crippen molar-refractivity contribution in [1.29, 1.82) is 0 Å². The average Bonchev–Trinajstić information content (AvgIpc) is 2.77. The molecular formula is C23H30O7. The lowest BCUT2D eigenvalue weighted by molar-refractivity contribution is 0.201. The molecule has 0 bridgehead atoms. The molecule has 0 unspecified atom stereocenters. The van der Waals surface area contributed by atoms with Crippen LogP contribution in [0.2, 0.25) is 0 Å². The molecule has 0 aliphatic rings. The van der Waals surface area contributed by atoms with Gasteiger partial charge >= 0.3 is 0 Å². The van der Waals surface area contributed by atoms with Gasteiger partial charge < -0.3 is 33.5 Å². The first-order chi connectivity index (χ1) is 14.5. The number of methoxy groups -OCH3 is 5. The Morgan fingerprint density at radius 2 is 1.27 bits per heavy atom. The zero-order valence-electron chi connectivity index (χ0n) is 18.4. The van der Waals surface area contributed by atoms with Crippen molar-refractivity contribution in [2.75, 3.05) is 42.2 Å². The number of rotatable bonds is 11. The molecule has 7 heteroatoms. The zero-order chi connectivity index (χ0) is 22.1. The summed E-state index contributed by atoms with van der Waals surface area (Å²) in [5.41, 5.74) is 1.81. The van der Waals surface area contributed by atoms with Crippen LogP contribution in [0.25, 0.3) is 6.08 Å². The Morgan fingerprint density at radius 3 is 1.70 bits per heavy atom. The molecule has 0 aromatic heterocycles. The van der Waals surface area contributed by atoms with Crippen LogP contribution in [-0.4, -0.2) is 53.4 Å². The predicted octanol–water partition coefficient (Wildman–Crippen LogP) is 3.75. The van der Waals surface area contributed by atoms with Crippen LogP contribution in [0.1, 0.15) is 18.1 Å². The molecule has 0 spiro atoms. The number of hydrogen-bond donors (Lipinski definition) is 1. The Morgan fingerprint density at radius 1 is 0.767 bits per heavy atom. The molecule has 30 heavy (non-hydrogen) atoms. The van der Waals surface area contributed by atoms with E-state index < -0.39 is 0 Å². The molecule has 0 heterocycles.